The minimum Gasteiger partial charge on any atom is -1.00 e. The van der Waals surface area contributed by atoms with Gasteiger partial charge in [-0.1, -0.05) is 154 Å². The van der Waals surface area contributed by atoms with Crippen molar-refractivity contribution in [1.29, 1.82) is 0 Å². The zero-order chi connectivity index (χ0) is 29.4. The number of fused-ring (bicyclic) bond motifs is 3. The summed E-state index contributed by atoms with van der Waals surface area (Å²) in [6, 6.07) is 23.6. The fraction of sp³-hybridized carbons (Fsp3) is 0.436. The minimum absolute atomic E-state index is 0. The van der Waals surface area contributed by atoms with Gasteiger partial charge in [-0.25, -0.2) is 0 Å². The van der Waals surface area contributed by atoms with Gasteiger partial charge in [0.15, 0.2) is 0 Å². The molecule has 4 heteroatoms. The van der Waals surface area contributed by atoms with E-state index in [0.717, 1.165) is 0 Å². The van der Waals surface area contributed by atoms with Gasteiger partial charge >= 0.3 is 26.2 Å². The predicted octanol–water partition coefficient (Wildman–Crippen LogP) is 5.40. The molecular weight excluding hydrogens is 659 g/mol. The third kappa shape index (κ3) is 6.99. The number of hydrogen-bond donors (Lipinski definition) is 0. The molecule has 2 atom stereocenters. The molecule has 2 aliphatic carbocycles. The Morgan fingerprint density at radius 3 is 1.70 bits per heavy atom. The largest absolute Gasteiger partial charge is 2.00 e. The molecule has 0 nitrogen and oxygen atoms in total. The quantitative estimate of drug-likeness (QED) is 0.320. The average Bonchev–Trinajstić information content (AvgIpc) is 3.41. The van der Waals surface area contributed by atoms with Gasteiger partial charge in [-0.05, 0) is 78.3 Å². The smallest absolute Gasteiger partial charge is 1.00 e. The molecule has 0 heterocycles. The first-order valence-electron chi connectivity index (χ1n) is 15.2. The molecule has 2 unspecified atom stereocenters. The van der Waals surface area contributed by atoms with Crippen LogP contribution in [0.5, 0.6) is 0 Å². The molecule has 2 aliphatic rings. The monoisotopic (exact) mass is 706 g/mol. The van der Waals surface area contributed by atoms with E-state index < -0.39 is 8.07 Å². The Morgan fingerprint density at radius 1 is 0.628 bits per heavy atom. The Bertz CT molecular complexity index is 1530. The number of benzene rings is 3. The average molecular weight is 709 g/mol. The summed E-state index contributed by atoms with van der Waals surface area (Å²) in [7, 11) is -2.00. The van der Waals surface area contributed by atoms with Crippen LogP contribution in [0.4, 0.5) is 0 Å². The molecule has 3 aromatic carbocycles. The van der Waals surface area contributed by atoms with E-state index in [1.54, 1.807) is 16.3 Å². The summed E-state index contributed by atoms with van der Waals surface area (Å²) in [5.41, 5.74) is 13.9. The van der Waals surface area contributed by atoms with Crippen LogP contribution >= 0.6 is 0 Å². The fourth-order valence-electron chi connectivity index (χ4n) is 7.02. The van der Waals surface area contributed by atoms with Crippen LogP contribution in [0, 0.1) is 11.3 Å². The van der Waals surface area contributed by atoms with Crippen molar-refractivity contribution in [3.8, 4) is 22.3 Å². The minimum atomic E-state index is -2.00. The molecule has 0 saturated heterocycles. The van der Waals surface area contributed by atoms with Crippen LogP contribution in [0.15, 0.2) is 83.6 Å². The summed E-state index contributed by atoms with van der Waals surface area (Å²) in [4.78, 5) is 0. The van der Waals surface area contributed by atoms with Gasteiger partial charge in [0.25, 0.3) is 0 Å². The van der Waals surface area contributed by atoms with E-state index in [2.05, 4.69) is 155 Å². The molecule has 0 radical (unpaired) electrons. The molecular formula is C39H50Cl2SiZr. The van der Waals surface area contributed by atoms with E-state index in [0.29, 0.717) is 11.5 Å². The molecule has 3 aromatic rings. The van der Waals surface area contributed by atoms with Crippen molar-refractivity contribution < 1.29 is 51.0 Å². The normalized spacial score (nSPS) is 18.0. The van der Waals surface area contributed by atoms with Gasteiger partial charge < -0.3 is 24.8 Å². The predicted molar refractivity (Wildman–Crippen MR) is 179 cm³/mol. The standard InChI is InChI=1S/C39H50Si.2ClH.Zr/c1-25-20-28(38(5,6)7)24-34(25)40(11,12)36-32-21-27(37(2,3)4)18-19-30(32)35-31(26-16-14-13-15-17-26)22-29(23-33(35)36)39(8,9)10;;;/h13-25,36H,1-12H3;2*1H;/q;;;+2/p-2. The molecule has 0 N–H and O–H groups in total. The summed E-state index contributed by atoms with van der Waals surface area (Å²) in [5, 5.41) is 1.70. The van der Waals surface area contributed by atoms with Crippen molar-refractivity contribution in [2.75, 3.05) is 0 Å². The van der Waals surface area contributed by atoms with Crippen molar-refractivity contribution in [2.45, 2.75) is 98.7 Å². The molecule has 0 amide bonds. The van der Waals surface area contributed by atoms with E-state index in [1.807, 2.05) is 0 Å². The summed E-state index contributed by atoms with van der Waals surface area (Å²) in [6.07, 6.45) is 5.15. The second-order valence-corrected chi connectivity index (χ2v) is 20.7. The molecule has 5 rings (SSSR count). The molecule has 0 aromatic heterocycles. The van der Waals surface area contributed by atoms with Gasteiger partial charge in [0.05, 0.1) is 8.07 Å². The summed E-state index contributed by atoms with van der Waals surface area (Å²) in [6.45, 7) is 28.9. The topological polar surface area (TPSA) is 0 Å². The van der Waals surface area contributed by atoms with Gasteiger partial charge in [-0.3, -0.25) is 0 Å². The van der Waals surface area contributed by atoms with E-state index in [-0.39, 0.29) is 67.3 Å². The zero-order valence-electron chi connectivity index (χ0n) is 28.3. The number of halogens is 2. The third-order valence-corrected chi connectivity index (χ3v) is 13.6. The number of hydrogen-bond acceptors (Lipinski definition) is 0. The summed E-state index contributed by atoms with van der Waals surface area (Å²) < 4.78 is 0. The van der Waals surface area contributed by atoms with Gasteiger partial charge in [0, 0.05) is 5.54 Å². The second kappa shape index (κ2) is 12.9. The second-order valence-electron chi connectivity index (χ2n) is 16.1. The van der Waals surface area contributed by atoms with Crippen molar-refractivity contribution in [3.05, 3.63) is 106 Å². The first-order valence-corrected chi connectivity index (χ1v) is 18.3. The van der Waals surface area contributed by atoms with E-state index >= 15 is 0 Å². The van der Waals surface area contributed by atoms with Crippen molar-refractivity contribution >= 4 is 8.07 Å². The Hall–Kier alpha value is -1.18. The zero-order valence-corrected chi connectivity index (χ0v) is 33.3. The van der Waals surface area contributed by atoms with Crippen LogP contribution in [0.1, 0.15) is 97.0 Å². The van der Waals surface area contributed by atoms with Crippen molar-refractivity contribution in [1.82, 2.24) is 0 Å². The molecule has 0 aliphatic heterocycles. The number of allylic oxidation sites excluding steroid dienone is 4. The van der Waals surface area contributed by atoms with Gasteiger partial charge in [0.2, 0.25) is 0 Å². The molecule has 43 heavy (non-hydrogen) atoms. The maximum absolute atomic E-state index is 2.65. The van der Waals surface area contributed by atoms with Crippen molar-refractivity contribution in [3.63, 3.8) is 0 Å². The first kappa shape index (κ1) is 38.0. The Labute approximate surface area is 295 Å². The van der Waals surface area contributed by atoms with Crippen LogP contribution < -0.4 is 24.8 Å². The Kier molecular flexibility index (Phi) is 11.4. The van der Waals surface area contributed by atoms with Crippen LogP contribution in [0.3, 0.4) is 0 Å². The molecule has 0 bridgehead atoms. The summed E-state index contributed by atoms with van der Waals surface area (Å²) in [5.74, 6) is 0.494. The Balaban J connectivity index is 0.00000215. The first-order chi connectivity index (χ1) is 18.4. The van der Waals surface area contributed by atoms with Gasteiger partial charge in [-0.15, -0.1) is 0 Å². The number of rotatable bonds is 3. The molecule has 0 spiro atoms. The van der Waals surface area contributed by atoms with Crippen LogP contribution in [0.2, 0.25) is 13.1 Å². The maximum atomic E-state index is 2.65. The Morgan fingerprint density at radius 2 is 1.19 bits per heavy atom. The third-order valence-electron chi connectivity index (χ3n) is 9.49. The van der Waals surface area contributed by atoms with Crippen LogP contribution in [-0.4, -0.2) is 8.07 Å². The van der Waals surface area contributed by atoms with E-state index in [4.69, 9.17) is 0 Å². The van der Waals surface area contributed by atoms with E-state index in [9.17, 15) is 0 Å². The van der Waals surface area contributed by atoms with E-state index in [1.165, 1.54) is 39.0 Å². The van der Waals surface area contributed by atoms with Gasteiger partial charge in [-0.2, -0.15) is 0 Å². The summed E-state index contributed by atoms with van der Waals surface area (Å²) >= 11 is 0. The van der Waals surface area contributed by atoms with Crippen LogP contribution in [-0.2, 0) is 37.0 Å². The maximum Gasteiger partial charge on any atom is 2.00 e. The molecule has 0 fully saturated rings. The van der Waals surface area contributed by atoms with Crippen LogP contribution in [0.25, 0.3) is 22.3 Å². The molecule has 0 saturated carbocycles. The SMILES string of the molecule is CC1C=C(C(C)(C)C)C=C1[Si](C)(C)C1c2cc(C(C)(C)C)ccc2-c2c(-c3ccccc3)cc(C(C)(C)C)cc21.[Cl-].[Cl-].[Zr+2]. The fourth-order valence-corrected chi connectivity index (χ4v) is 11.2. The van der Waals surface area contributed by atoms with Gasteiger partial charge in [0.1, 0.15) is 0 Å². The molecule has 228 valence electrons. The van der Waals surface area contributed by atoms with Crippen molar-refractivity contribution in [2.24, 2.45) is 11.3 Å².